The van der Waals surface area contributed by atoms with E-state index in [1.54, 1.807) is 20.8 Å². The monoisotopic (exact) mass is 573 g/mol. The Hall–Kier alpha value is -3.33. The van der Waals surface area contributed by atoms with Gasteiger partial charge in [0.1, 0.15) is 0 Å². The van der Waals surface area contributed by atoms with E-state index in [1.807, 2.05) is 44.2 Å². The molecule has 0 saturated heterocycles. The summed E-state index contributed by atoms with van der Waals surface area (Å²) in [5.74, 6) is 0.738. The van der Waals surface area contributed by atoms with Crippen LogP contribution < -0.4 is 9.47 Å². The highest BCUT2D eigenvalue weighted by Gasteiger charge is 2.40. The second-order valence-electron chi connectivity index (χ2n) is 11.8. The third-order valence-electron chi connectivity index (χ3n) is 6.88. The summed E-state index contributed by atoms with van der Waals surface area (Å²) in [5.41, 5.74) is -0.675. The lowest BCUT2D eigenvalue weighted by atomic mass is 9.87. The topological polar surface area (TPSA) is 140 Å². The van der Waals surface area contributed by atoms with Gasteiger partial charge in [-0.1, -0.05) is 44.2 Å². The number of hydrogen-bond donors (Lipinski definition) is 2. The van der Waals surface area contributed by atoms with E-state index >= 15 is 0 Å². The molecule has 0 aromatic heterocycles. The van der Waals surface area contributed by atoms with E-state index in [2.05, 4.69) is 6.07 Å². The van der Waals surface area contributed by atoms with E-state index in [0.29, 0.717) is 17.9 Å². The third-order valence-corrected chi connectivity index (χ3v) is 8.69. The molecule has 1 amide bonds. The number of carboxylic acid groups (broad SMARTS) is 1. The Labute approximate surface area is 236 Å². The summed E-state index contributed by atoms with van der Waals surface area (Å²) in [6.07, 6.45) is -1.73. The lowest BCUT2D eigenvalue weighted by Crippen LogP contribution is -2.59. The molecule has 11 heteroatoms. The Morgan fingerprint density at radius 2 is 1.73 bits per heavy atom. The Kier molecular flexibility index (Phi) is 9.72. The standard InChI is InChI=1S/C29H39N3O7S/c1-28(2,3)32(27(34)35)23(16-21-10-7-6-8-11-21)24(33)18-31(19-29(4,5)14-9-15-30)40(36,37)22-12-13-25-26(17-22)39-20-38-25/h6-8,10-13,17,23-24,33H,9,14,16,18-20H2,1-5H3,(H,34,35)/t23-,24+/m0/s1. The SMILES string of the molecule is CC(C)(CCC#N)CN(C[C@@H](O)[C@H](Cc1ccccc1)N(C(=O)O)C(C)(C)C)S(=O)(=O)c1ccc2c(c1)OCO2. The van der Waals surface area contributed by atoms with Crippen LogP contribution in [0, 0.1) is 16.7 Å². The largest absolute Gasteiger partial charge is 0.465 e. The summed E-state index contributed by atoms with van der Waals surface area (Å²) in [7, 11) is -4.17. The van der Waals surface area contributed by atoms with Gasteiger partial charge in [0.2, 0.25) is 16.8 Å². The maximum absolute atomic E-state index is 14.0. The van der Waals surface area contributed by atoms with E-state index < -0.39 is 39.2 Å². The minimum absolute atomic E-state index is 0.00314. The second-order valence-corrected chi connectivity index (χ2v) is 13.7. The number of carbonyl (C=O) groups is 1. The Balaban J connectivity index is 2.03. The number of amides is 1. The van der Waals surface area contributed by atoms with Gasteiger partial charge in [0, 0.05) is 31.1 Å². The number of benzene rings is 2. The minimum atomic E-state index is -4.17. The Morgan fingerprint density at radius 3 is 2.33 bits per heavy atom. The number of aliphatic hydroxyl groups is 1. The maximum atomic E-state index is 14.0. The van der Waals surface area contributed by atoms with Gasteiger partial charge in [0.25, 0.3) is 0 Å². The fourth-order valence-electron chi connectivity index (χ4n) is 4.90. The van der Waals surface area contributed by atoms with Crippen LogP contribution in [0.4, 0.5) is 4.79 Å². The zero-order chi connectivity index (χ0) is 29.7. The molecule has 40 heavy (non-hydrogen) atoms. The van der Waals surface area contributed by atoms with Gasteiger partial charge in [-0.3, -0.25) is 4.90 Å². The molecular formula is C29H39N3O7S. The zero-order valence-corrected chi connectivity index (χ0v) is 24.5. The van der Waals surface area contributed by atoms with Crippen LogP contribution in [0.2, 0.25) is 0 Å². The Bertz CT molecular complexity index is 1320. The van der Waals surface area contributed by atoms with Crippen LogP contribution in [0.1, 0.15) is 53.0 Å². The first kappa shape index (κ1) is 31.2. The maximum Gasteiger partial charge on any atom is 0.408 e. The third kappa shape index (κ3) is 7.65. The summed E-state index contributed by atoms with van der Waals surface area (Å²) in [5, 5.41) is 31.0. The first-order valence-corrected chi connectivity index (χ1v) is 14.6. The summed E-state index contributed by atoms with van der Waals surface area (Å²) in [4.78, 5) is 13.6. The normalized spacial score (nSPS) is 14.9. The molecule has 1 heterocycles. The number of ether oxygens (including phenoxy) is 2. The average molecular weight is 574 g/mol. The average Bonchev–Trinajstić information content (AvgIpc) is 3.34. The molecular weight excluding hydrogens is 534 g/mol. The molecule has 1 aliphatic rings. The van der Waals surface area contributed by atoms with Gasteiger partial charge in [0.15, 0.2) is 11.5 Å². The van der Waals surface area contributed by atoms with Crippen LogP contribution in [-0.4, -0.2) is 71.5 Å². The number of rotatable bonds is 12. The lowest BCUT2D eigenvalue weighted by molar-refractivity contribution is -0.00107. The number of nitriles is 1. The van der Waals surface area contributed by atoms with Gasteiger partial charge in [-0.15, -0.1) is 0 Å². The van der Waals surface area contributed by atoms with Crippen molar-refractivity contribution in [2.24, 2.45) is 5.41 Å². The van der Waals surface area contributed by atoms with Crippen LogP contribution in [-0.2, 0) is 16.4 Å². The van der Waals surface area contributed by atoms with E-state index in [9.17, 15) is 23.4 Å². The van der Waals surface area contributed by atoms with Gasteiger partial charge < -0.3 is 19.7 Å². The number of aliphatic hydroxyl groups excluding tert-OH is 1. The molecule has 2 aromatic rings. The van der Waals surface area contributed by atoms with Crippen molar-refractivity contribution >= 4 is 16.1 Å². The van der Waals surface area contributed by atoms with Crippen molar-refractivity contribution in [3.8, 4) is 17.6 Å². The number of hydrogen-bond acceptors (Lipinski definition) is 7. The molecule has 3 rings (SSSR count). The highest BCUT2D eigenvalue weighted by atomic mass is 32.2. The summed E-state index contributed by atoms with van der Waals surface area (Å²) in [6.45, 7) is 8.56. The highest BCUT2D eigenvalue weighted by Crippen LogP contribution is 2.36. The predicted molar refractivity (Wildman–Crippen MR) is 150 cm³/mol. The minimum Gasteiger partial charge on any atom is -0.465 e. The van der Waals surface area contributed by atoms with Crippen molar-refractivity contribution in [1.29, 1.82) is 5.26 Å². The smallest absolute Gasteiger partial charge is 0.408 e. The van der Waals surface area contributed by atoms with Gasteiger partial charge >= 0.3 is 6.09 Å². The van der Waals surface area contributed by atoms with Crippen molar-refractivity contribution in [1.82, 2.24) is 9.21 Å². The van der Waals surface area contributed by atoms with Crippen LogP contribution in [0.25, 0.3) is 0 Å². The first-order chi connectivity index (χ1) is 18.7. The molecule has 0 saturated carbocycles. The molecule has 0 bridgehead atoms. The van der Waals surface area contributed by atoms with Crippen LogP contribution in [0.15, 0.2) is 53.4 Å². The summed E-state index contributed by atoms with van der Waals surface area (Å²) in [6, 6.07) is 14.7. The molecule has 2 N–H and O–H groups in total. The molecule has 10 nitrogen and oxygen atoms in total. The van der Waals surface area contributed by atoms with E-state index in [4.69, 9.17) is 14.7 Å². The van der Waals surface area contributed by atoms with E-state index in [-0.39, 0.29) is 37.6 Å². The second kappa shape index (κ2) is 12.5. The first-order valence-electron chi connectivity index (χ1n) is 13.2. The molecule has 2 aromatic carbocycles. The molecule has 1 aliphatic heterocycles. The van der Waals surface area contributed by atoms with Crippen molar-refractivity contribution in [2.45, 2.75) is 76.5 Å². The van der Waals surface area contributed by atoms with Crippen LogP contribution in [0.5, 0.6) is 11.5 Å². The molecule has 0 spiro atoms. The van der Waals surface area contributed by atoms with Gasteiger partial charge in [-0.25, -0.2) is 13.2 Å². The molecule has 0 aliphatic carbocycles. The summed E-state index contributed by atoms with van der Waals surface area (Å²) >= 11 is 0. The van der Waals surface area contributed by atoms with Crippen LogP contribution in [0.3, 0.4) is 0 Å². The van der Waals surface area contributed by atoms with Gasteiger partial charge in [-0.05, 0) is 56.7 Å². The highest BCUT2D eigenvalue weighted by molar-refractivity contribution is 7.89. The predicted octanol–water partition coefficient (Wildman–Crippen LogP) is 4.49. The van der Waals surface area contributed by atoms with E-state index in [0.717, 1.165) is 5.56 Å². The molecule has 0 unspecified atom stereocenters. The molecule has 0 fully saturated rings. The van der Waals surface area contributed by atoms with Gasteiger partial charge in [0.05, 0.1) is 23.1 Å². The molecule has 2 atom stereocenters. The van der Waals surface area contributed by atoms with Crippen molar-refractivity contribution in [3.63, 3.8) is 0 Å². The fourth-order valence-corrected chi connectivity index (χ4v) is 6.56. The summed E-state index contributed by atoms with van der Waals surface area (Å²) < 4.78 is 39.9. The number of nitrogens with zero attached hydrogens (tertiary/aromatic N) is 3. The van der Waals surface area contributed by atoms with Gasteiger partial charge in [-0.2, -0.15) is 9.57 Å². The Morgan fingerprint density at radius 1 is 1.07 bits per heavy atom. The van der Waals surface area contributed by atoms with Crippen LogP contribution >= 0.6 is 0 Å². The van der Waals surface area contributed by atoms with Crippen molar-refractivity contribution in [2.75, 3.05) is 19.9 Å². The number of sulfonamides is 1. The quantitative estimate of drug-likeness (QED) is 0.379. The zero-order valence-electron chi connectivity index (χ0n) is 23.7. The van der Waals surface area contributed by atoms with Crippen molar-refractivity contribution in [3.05, 3.63) is 54.1 Å². The lowest BCUT2D eigenvalue weighted by Gasteiger charge is -2.43. The van der Waals surface area contributed by atoms with Crippen molar-refractivity contribution < 1.29 is 32.9 Å². The fraction of sp³-hybridized carbons (Fsp3) is 0.517. The number of fused-ring (bicyclic) bond motifs is 1. The van der Waals surface area contributed by atoms with E-state index in [1.165, 1.54) is 27.4 Å². The molecule has 0 radical (unpaired) electrons. The molecule has 218 valence electrons.